The Hall–Kier alpha value is -8.34. The van der Waals surface area contributed by atoms with Crippen molar-refractivity contribution in [3.63, 3.8) is 0 Å². The van der Waals surface area contributed by atoms with E-state index < -0.39 is 0 Å². The van der Waals surface area contributed by atoms with Crippen LogP contribution in [0.2, 0.25) is 0 Å². The van der Waals surface area contributed by atoms with E-state index in [1.54, 1.807) is 0 Å². The molecule has 3 heterocycles. The van der Waals surface area contributed by atoms with Crippen molar-refractivity contribution >= 4 is 43.6 Å². The highest BCUT2D eigenvalue weighted by Gasteiger charge is 2.18. The third kappa shape index (κ3) is 6.70. The van der Waals surface area contributed by atoms with Crippen LogP contribution in [-0.4, -0.2) is 19.1 Å². The fourth-order valence-electron chi connectivity index (χ4n) is 9.63. The number of rotatable bonds is 7. The number of nitrogens with zero attached hydrogens (tertiary/aromatic N) is 4. The van der Waals surface area contributed by atoms with Crippen LogP contribution < -0.4 is 0 Å². The minimum Gasteiger partial charge on any atom is -0.309 e. The van der Waals surface area contributed by atoms with Crippen molar-refractivity contribution in [3.05, 3.63) is 229 Å². The summed E-state index contributed by atoms with van der Waals surface area (Å²) in [6.45, 7) is 6.44. The normalized spacial score (nSPS) is 11.6. The number of para-hydroxylation sites is 3. The van der Waals surface area contributed by atoms with Gasteiger partial charge in [0.2, 0.25) is 0 Å². The summed E-state index contributed by atoms with van der Waals surface area (Å²) in [4.78, 5) is 10.1. The van der Waals surface area contributed by atoms with Gasteiger partial charge in [0.25, 0.3) is 0 Å². The molecule has 12 rings (SSSR count). The molecule has 0 atom stereocenters. The second-order valence-electron chi connectivity index (χ2n) is 17.3. The van der Waals surface area contributed by atoms with E-state index in [-0.39, 0.29) is 0 Å². The Kier molecular flexibility index (Phi) is 9.13. The van der Waals surface area contributed by atoms with Crippen molar-refractivity contribution in [1.29, 1.82) is 0 Å². The molecule has 0 aliphatic rings. The highest BCUT2D eigenvalue weighted by Crippen LogP contribution is 2.38. The van der Waals surface area contributed by atoms with Gasteiger partial charge in [-0.3, -0.25) is 0 Å². The van der Waals surface area contributed by atoms with Gasteiger partial charge in [-0.15, -0.1) is 0 Å². The SMILES string of the molecule is Cc1ccc(-c2cc(-c3ccc(-c4ccc(-c5ccc(-n6c7ccccc7c7cc(-n8c9ccccc9c9ccccc98)ccc76)c(C)c5)cc4)cc3)nc(-c3ccc(C)cc3)n2)cc1. The van der Waals surface area contributed by atoms with Gasteiger partial charge in [0.1, 0.15) is 0 Å². The van der Waals surface area contributed by atoms with Crippen LogP contribution in [0.4, 0.5) is 0 Å². The monoisotopic (exact) mass is 832 g/mol. The maximum absolute atomic E-state index is 5.07. The highest BCUT2D eigenvalue weighted by molar-refractivity contribution is 6.12. The van der Waals surface area contributed by atoms with Gasteiger partial charge in [-0.25, -0.2) is 9.97 Å². The molecule has 0 fully saturated rings. The Labute approximate surface area is 378 Å². The summed E-state index contributed by atoms with van der Waals surface area (Å²) < 4.78 is 4.83. The van der Waals surface area contributed by atoms with Crippen LogP contribution in [0.25, 0.3) is 111 Å². The van der Waals surface area contributed by atoms with E-state index in [0.29, 0.717) is 0 Å². The largest absolute Gasteiger partial charge is 0.309 e. The lowest BCUT2D eigenvalue weighted by Gasteiger charge is -2.14. The zero-order valence-corrected chi connectivity index (χ0v) is 36.5. The fourth-order valence-corrected chi connectivity index (χ4v) is 9.63. The second kappa shape index (κ2) is 15.5. The predicted octanol–water partition coefficient (Wildman–Crippen LogP) is 15.9. The lowest BCUT2D eigenvalue weighted by atomic mass is 9.97. The molecule has 0 unspecified atom stereocenters. The maximum Gasteiger partial charge on any atom is 0.160 e. The molecule has 0 bridgehead atoms. The average Bonchev–Trinajstić information content (AvgIpc) is 3.87. The Morgan fingerprint density at radius 1 is 0.308 bits per heavy atom. The lowest BCUT2D eigenvalue weighted by molar-refractivity contribution is 1.14. The number of hydrogen-bond acceptors (Lipinski definition) is 2. The zero-order valence-electron chi connectivity index (χ0n) is 36.5. The van der Waals surface area contributed by atoms with E-state index in [1.165, 1.54) is 82.7 Å². The third-order valence-corrected chi connectivity index (χ3v) is 13.0. The van der Waals surface area contributed by atoms with Crippen molar-refractivity contribution in [1.82, 2.24) is 19.1 Å². The van der Waals surface area contributed by atoms with Gasteiger partial charge in [-0.05, 0) is 103 Å². The lowest BCUT2D eigenvalue weighted by Crippen LogP contribution is -1.98. The van der Waals surface area contributed by atoms with Gasteiger partial charge >= 0.3 is 0 Å². The van der Waals surface area contributed by atoms with Crippen LogP contribution in [0.5, 0.6) is 0 Å². The zero-order chi connectivity index (χ0) is 43.6. The molecule has 0 saturated carbocycles. The summed E-state index contributed by atoms with van der Waals surface area (Å²) in [5.41, 5.74) is 20.5. The van der Waals surface area contributed by atoms with E-state index in [2.05, 4.69) is 242 Å². The van der Waals surface area contributed by atoms with E-state index in [4.69, 9.17) is 9.97 Å². The van der Waals surface area contributed by atoms with Crippen LogP contribution >= 0.6 is 0 Å². The first-order valence-corrected chi connectivity index (χ1v) is 22.3. The minimum atomic E-state index is 0.723. The number of fused-ring (bicyclic) bond motifs is 6. The fraction of sp³-hybridized carbons (Fsp3) is 0.0492. The molecule has 0 radical (unpaired) electrons. The molecule has 0 amide bonds. The van der Waals surface area contributed by atoms with Gasteiger partial charge < -0.3 is 9.13 Å². The average molecular weight is 833 g/mol. The standard InChI is InChI=1S/C61H44N4/c1-39-16-20-45(21-17-39)54-38-55(63-61(62-54)47-22-18-40(2)19-23-47)46-30-28-43(29-31-46)42-24-26-44(27-25-42)48-32-34-56(41(3)36-48)65-59-15-9-6-12-52(59)53-37-49(33-35-60(53)65)64-57-13-7-4-10-50(57)51-11-5-8-14-58(51)64/h4-38H,1-3H3. The van der Waals surface area contributed by atoms with Crippen molar-refractivity contribution < 1.29 is 0 Å². The quantitative estimate of drug-likeness (QED) is 0.160. The Morgan fingerprint density at radius 2 is 0.723 bits per heavy atom. The molecule has 65 heavy (non-hydrogen) atoms. The first-order chi connectivity index (χ1) is 31.9. The molecule has 0 spiro atoms. The summed E-state index contributed by atoms with van der Waals surface area (Å²) in [6, 6.07) is 76.8. The molecule has 12 aromatic rings. The Balaban J connectivity index is 0.847. The van der Waals surface area contributed by atoms with Gasteiger partial charge in [-0.1, -0.05) is 169 Å². The van der Waals surface area contributed by atoms with Gasteiger partial charge in [0, 0.05) is 49.6 Å². The molecule has 0 saturated heterocycles. The Morgan fingerprint density at radius 3 is 1.26 bits per heavy atom. The molecular weight excluding hydrogens is 789 g/mol. The molecule has 0 aliphatic carbocycles. The van der Waals surface area contributed by atoms with Crippen molar-refractivity contribution in [3.8, 4) is 67.5 Å². The first kappa shape index (κ1) is 38.3. The van der Waals surface area contributed by atoms with Gasteiger partial charge in [0.15, 0.2) is 5.82 Å². The number of aryl methyl sites for hydroxylation is 3. The van der Waals surface area contributed by atoms with Crippen LogP contribution in [-0.2, 0) is 0 Å². The summed E-state index contributed by atoms with van der Waals surface area (Å²) in [5, 5.41) is 5.02. The topological polar surface area (TPSA) is 35.6 Å². The molecule has 4 heteroatoms. The molecule has 308 valence electrons. The van der Waals surface area contributed by atoms with Crippen molar-refractivity contribution in [2.75, 3.05) is 0 Å². The Bertz CT molecular complexity index is 3640. The van der Waals surface area contributed by atoms with Gasteiger partial charge in [0.05, 0.1) is 33.5 Å². The first-order valence-electron chi connectivity index (χ1n) is 22.3. The molecule has 9 aromatic carbocycles. The highest BCUT2D eigenvalue weighted by atomic mass is 15.0. The third-order valence-electron chi connectivity index (χ3n) is 13.0. The number of hydrogen-bond donors (Lipinski definition) is 0. The van der Waals surface area contributed by atoms with Crippen LogP contribution in [0.3, 0.4) is 0 Å². The molecule has 0 N–H and O–H groups in total. The summed E-state index contributed by atoms with van der Waals surface area (Å²) in [7, 11) is 0. The number of benzene rings is 9. The van der Waals surface area contributed by atoms with Crippen LogP contribution in [0.1, 0.15) is 16.7 Å². The smallest absolute Gasteiger partial charge is 0.160 e. The second-order valence-corrected chi connectivity index (χ2v) is 17.3. The molecule has 3 aromatic heterocycles. The maximum atomic E-state index is 5.07. The molecule has 0 aliphatic heterocycles. The van der Waals surface area contributed by atoms with E-state index in [1.807, 2.05) is 0 Å². The van der Waals surface area contributed by atoms with Crippen molar-refractivity contribution in [2.24, 2.45) is 0 Å². The minimum absolute atomic E-state index is 0.723. The van der Waals surface area contributed by atoms with E-state index >= 15 is 0 Å². The molecular formula is C61H44N4. The summed E-state index contributed by atoms with van der Waals surface area (Å²) in [6.07, 6.45) is 0. The van der Waals surface area contributed by atoms with Crippen LogP contribution in [0, 0.1) is 20.8 Å². The van der Waals surface area contributed by atoms with E-state index in [9.17, 15) is 0 Å². The summed E-state index contributed by atoms with van der Waals surface area (Å²) >= 11 is 0. The predicted molar refractivity (Wildman–Crippen MR) is 272 cm³/mol. The molecule has 4 nitrogen and oxygen atoms in total. The number of aromatic nitrogens is 4. The van der Waals surface area contributed by atoms with Crippen molar-refractivity contribution in [2.45, 2.75) is 20.8 Å². The summed E-state index contributed by atoms with van der Waals surface area (Å²) in [5.74, 6) is 0.723. The van der Waals surface area contributed by atoms with Gasteiger partial charge in [-0.2, -0.15) is 0 Å². The van der Waals surface area contributed by atoms with E-state index in [0.717, 1.165) is 45.2 Å². The van der Waals surface area contributed by atoms with Crippen LogP contribution in [0.15, 0.2) is 212 Å².